The van der Waals surface area contributed by atoms with Gasteiger partial charge in [0.25, 0.3) is 15.9 Å². The Kier molecular flexibility index (Phi) is 5.91. The van der Waals surface area contributed by atoms with E-state index in [1.54, 1.807) is 0 Å². The molecule has 0 heterocycles. The molecule has 3 aromatic rings. The number of anilines is 2. The molecule has 29 heavy (non-hydrogen) atoms. The predicted octanol–water partition coefficient (Wildman–Crippen LogP) is 5.15. The summed E-state index contributed by atoms with van der Waals surface area (Å²) in [5.41, 5.74) is 3.39. The van der Waals surface area contributed by atoms with Crippen molar-refractivity contribution in [3.63, 3.8) is 0 Å². The fraction of sp³-hybridized carbons (Fsp3) is 0.0952. The molecule has 0 saturated carbocycles. The van der Waals surface area contributed by atoms with E-state index in [0.29, 0.717) is 11.3 Å². The van der Waals surface area contributed by atoms with Gasteiger partial charge in [-0.1, -0.05) is 23.7 Å². The fourth-order valence-corrected chi connectivity index (χ4v) is 3.96. The maximum absolute atomic E-state index is 13.3. The number of amides is 1. The molecule has 0 aromatic heterocycles. The average Bonchev–Trinajstić information content (AvgIpc) is 2.67. The van der Waals surface area contributed by atoms with E-state index < -0.39 is 15.8 Å². The Balaban J connectivity index is 1.75. The van der Waals surface area contributed by atoms with Gasteiger partial charge in [0.15, 0.2) is 0 Å². The van der Waals surface area contributed by atoms with E-state index in [0.717, 1.165) is 29.3 Å². The number of rotatable bonds is 5. The van der Waals surface area contributed by atoms with E-state index in [2.05, 4.69) is 10.0 Å². The van der Waals surface area contributed by atoms with Gasteiger partial charge in [0.1, 0.15) is 5.82 Å². The standard InChI is InChI=1S/C21H18ClFN2O3S/c1-13-4-3-5-20(14(13)2)24-21(26)15-6-8-16(9-7-15)25-29(27,28)17-10-11-19(23)18(22)12-17/h3-12,25H,1-2H3,(H,24,26). The van der Waals surface area contributed by atoms with Crippen molar-refractivity contribution in [2.75, 3.05) is 10.0 Å². The second-order valence-electron chi connectivity index (χ2n) is 6.46. The minimum Gasteiger partial charge on any atom is -0.322 e. The summed E-state index contributed by atoms with van der Waals surface area (Å²) in [6, 6.07) is 14.7. The van der Waals surface area contributed by atoms with Crippen molar-refractivity contribution in [3.8, 4) is 0 Å². The quantitative estimate of drug-likeness (QED) is 0.585. The van der Waals surface area contributed by atoms with E-state index in [4.69, 9.17) is 11.6 Å². The number of carbonyl (C=O) groups is 1. The Bertz CT molecular complexity index is 1180. The third-order valence-electron chi connectivity index (χ3n) is 4.45. The topological polar surface area (TPSA) is 75.3 Å². The lowest BCUT2D eigenvalue weighted by Crippen LogP contribution is -2.15. The first-order valence-corrected chi connectivity index (χ1v) is 10.5. The van der Waals surface area contributed by atoms with Crippen LogP contribution in [0.4, 0.5) is 15.8 Å². The average molecular weight is 433 g/mol. The van der Waals surface area contributed by atoms with Crippen molar-refractivity contribution in [1.82, 2.24) is 0 Å². The van der Waals surface area contributed by atoms with Crippen LogP contribution in [-0.4, -0.2) is 14.3 Å². The summed E-state index contributed by atoms with van der Waals surface area (Å²) in [5.74, 6) is -1.01. The summed E-state index contributed by atoms with van der Waals surface area (Å²) < 4.78 is 40.5. The molecule has 0 aliphatic heterocycles. The van der Waals surface area contributed by atoms with E-state index in [9.17, 15) is 17.6 Å². The van der Waals surface area contributed by atoms with E-state index >= 15 is 0 Å². The van der Waals surface area contributed by atoms with Gasteiger partial charge in [-0.15, -0.1) is 0 Å². The van der Waals surface area contributed by atoms with Crippen LogP contribution in [0.3, 0.4) is 0 Å². The number of hydrogen-bond donors (Lipinski definition) is 2. The van der Waals surface area contributed by atoms with Crippen LogP contribution in [0.1, 0.15) is 21.5 Å². The number of sulfonamides is 1. The van der Waals surface area contributed by atoms with Crippen molar-refractivity contribution >= 4 is 38.9 Å². The first kappa shape index (κ1) is 20.8. The minimum absolute atomic E-state index is 0.166. The number of benzene rings is 3. The van der Waals surface area contributed by atoms with Crippen molar-refractivity contribution in [3.05, 3.63) is 88.2 Å². The van der Waals surface area contributed by atoms with Crippen LogP contribution in [0.15, 0.2) is 65.6 Å². The summed E-state index contributed by atoms with van der Waals surface area (Å²) >= 11 is 5.65. The maximum atomic E-state index is 13.3. The van der Waals surface area contributed by atoms with Crippen molar-refractivity contribution in [1.29, 1.82) is 0 Å². The first-order valence-electron chi connectivity index (χ1n) is 8.63. The molecular formula is C21H18ClFN2O3S. The van der Waals surface area contributed by atoms with Crippen LogP contribution in [0.25, 0.3) is 0 Å². The third-order valence-corrected chi connectivity index (χ3v) is 6.12. The molecule has 0 saturated heterocycles. The van der Waals surface area contributed by atoms with Gasteiger partial charge in [-0.2, -0.15) is 0 Å². The van der Waals surface area contributed by atoms with Crippen LogP contribution in [-0.2, 0) is 10.0 Å². The molecule has 3 rings (SSSR count). The molecule has 0 atom stereocenters. The molecule has 0 unspecified atom stereocenters. The zero-order valence-corrected chi connectivity index (χ0v) is 17.2. The number of nitrogens with one attached hydrogen (secondary N) is 2. The second-order valence-corrected chi connectivity index (χ2v) is 8.55. The van der Waals surface area contributed by atoms with Gasteiger partial charge in [0, 0.05) is 16.9 Å². The second kappa shape index (κ2) is 8.23. The highest BCUT2D eigenvalue weighted by Crippen LogP contribution is 2.23. The Morgan fingerprint density at radius 3 is 2.34 bits per heavy atom. The maximum Gasteiger partial charge on any atom is 0.261 e. The van der Waals surface area contributed by atoms with Gasteiger partial charge in [-0.05, 0) is 73.5 Å². The Morgan fingerprint density at radius 2 is 1.69 bits per heavy atom. The van der Waals surface area contributed by atoms with E-state index in [1.807, 2.05) is 32.0 Å². The molecule has 0 aliphatic rings. The van der Waals surface area contributed by atoms with Crippen LogP contribution in [0.2, 0.25) is 5.02 Å². The van der Waals surface area contributed by atoms with Gasteiger partial charge < -0.3 is 5.32 Å². The van der Waals surface area contributed by atoms with E-state index in [1.165, 1.54) is 24.3 Å². The molecule has 0 radical (unpaired) electrons. The Hall–Kier alpha value is -2.90. The SMILES string of the molecule is Cc1cccc(NC(=O)c2ccc(NS(=O)(=O)c3ccc(F)c(Cl)c3)cc2)c1C. The van der Waals surface area contributed by atoms with E-state index in [-0.39, 0.29) is 21.5 Å². The van der Waals surface area contributed by atoms with Crippen LogP contribution >= 0.6 is 11.6 Å². The van der Waals surface area contributed by atoms with Crippen LogP contribution in [0.5, 0.6) is 0 Å². The smallest absolute Gasteiger partial charge is 0.261 e. The molecule has 0 spiro atoms. The highest BCUT2D eigenvalue weighted by molar-refractivity contribution is 7.92. The van der Waals surface area contributed by atoms with Gasteiger partial charge in [0.05, 0.1) is 9.92 Å². The molecule has 0 aliphatic carbocycles. The summed E-state index contributed by atoms with van der Waals surface area (Å²) in [6.45, 7) is 3.88. The van der Waals surface area contributed by atoms with Gasteiger partial charge in [-0.3, -0.25) is 9.52 Å². The lowest BCUT2D eigenvalue weighted by Gasteiger charge is -2.11. The molecule has 150 valence electrons. The fourth-order valence-electron chi connectivity index (χ4n) is 2.63. The molecule has 3 aromatic carbocycles. The molecular weight excluding hydrogens is 415 g/mol. The summed E-state index contributed by atoms with van der Waals surface area (Å²) in [5, 5.41) is 2.56. The molecule has 0 bridgehead atoms. The monoisotopic (exact) mass is 432 g/mol. The summed E-state index contributed by atoms with van der Waals surface area (Å²) in [4.78, 5) is 12.3. The molecule has 1 amide bonds. The summed E-state index contributed by atoms with van der Waals surface area (Å²) in [7, 11) is -3.95. The molecule has 5 nitrogen and oxygen atoms in total. The number of aryl methyl sites for hydroxylation is 1. The highest BCUT2D eigenvalue weighted by Gasteiger charge is 2.16. The largest absolute Gasteiger partial charge is 0.322 e. The molecule has 8 heteroatoms. The number of halogens is 2. The number of hydrogen-bond acceptors (Lipinski definition) is 3. The Morgan fingerprint density at radius 1 is 1.00 bits per heavy atom. The third kappa shape index (κ3) is 4.75. The van der Waals surface area contributed by atoms with Crippen molar-refractivity contribution < 1.29 is 17.6 Å². The van der Waals surface area contributed by atoms with Crippen molar-refractivity contribution in [2.24, 2.45) is 0 Å². The van der Waals surface area contributed by atoms with Crippen LogP contribution in [0, 0.1) is 19.7 Å². The zero-order chi connectivity index (χ0) is 21.2. The van der Waals surface area contributed by atoms with Gasteiger partial charge >= 0.3 is 0 Å². The van der Waals surface area contributed by atoms with Gasteiger partial charge in [0.2, 0.25) is 0 Å². The zero-order valence-electron chi connectivity index (χ0n) is 15.7. The first-order chi connectivity index (χ1) is 13.7. The number of carbonyl (C=O) groups excluding carboxylic acids is 1. The predicted molar refractivity (Wildman–Crippen MR) is 113 cm³/mol. The minimum atomic E-state index is -3.95. The Labute approximate surface area is 173 Å². The highest BCUT2D eigenvalue weighted by atomic mass is 35.5. The van der Waals surface area contributed by atoms with Crippen LogP contribution < -0.4 is 10.0 Å². The normalized spacial score (nSPS) is 11.2. The molecule has 0 fully saturated rings. The van der Waals surface area contributed by atoms with Gasteiger partial charge in [-0.25, -0.2) is 12.8 Å². The van der Waals surface area contributed by atoms with Crippen molar-refractivity contribution in [2.45, 2.75) is 18.7 Å². The lowest BCUT2D eigenvalue weighted by molar-refractivity contribution is 0.102. The lowest BCUT2D eigenvalue weighted by atomic mass is 10.1. The molecule has 2 N–H and O–H groups in total. The summed E-state index contributed by atoms with van der Waals surface area (Å²) in [6.07, 6.45) is 0.